The first-order valence-electron chi connectivity index (χ1n) is 6.82. The molecular weight excluding hydrogens is 211 g/mol. The van der Waals surface area contributed by atoms with E-state index >= 15 is 0 Å². The van der Waals surface area contributed by atoms with Crippen LogP contribution < -0.4 is 0 Å². The maximum Gasteiger partial charge on any atom is -0.0280 e. The third kappa shape index (κ3) is 3.33. The summed E-state index contributed by atoms with van der Waals surface area (Å²) in [5, 5.41) is 1.46. The fourth-order valence-electron chi connectivity index (χ4n) is 3.20. The smallest absolute Gasteiger partial charge is 0.0280 e. The quantitative estimate of drug-likeness (QED) is 0.596. The Kier molecular flexibility index (Phi) is 5.51. The maximum atomic E-state index is 4.15. The molecule has 0 bridgehead atoms. The first-order chi connectivity index (χ1) is 7.47. The Bertz CT molecular complexity index is 234. The van der Waals surface area contributed by atoms with Crippen LogP contribution in [0.2, 0.25) is 0 Å². The Hall–Kier alpha value is 0.170. The van der Waals surface area contributed by atoms with Gasteiger partial charge in [-0.15, -0.1) is 0 Å². The van der Waals surface area contributed by atoms with Gasteiger partial charge in [0.15, 0.2) is 0 Å². The van der Waals surface area contributed by atoms with Crippen LogP contribution in [0.4, 0.5) is 0 Å². The van der Waals surface area contributed by atoms with E-state index < -0.39 is 0 Å². The third-order valence-electron chi connectivity index (χ3n) is 5.14. The fourth-order valence-corrected chi connectivity index (χ4v) is 3.59. The van der Waals surface area contributed by atoms with Gasteiger partial charge in [-0.3, -0.25) is 0 Å². The molecule has 0 saturated heterocycles. The molecule has 0 nitrogen and oxygen atoms in total. The molecule has 0 aromatic rings. The molecule has 0 aromatic carbocycles. The highest BCUT2D eigenvalue weighted by Gasteiger charge is 2.35. The van der Waals surface area contributed by atoms with Gasteiger partial charge in [0.25, 0.3) is 0 Å². The predicted octanol–water partition coefficient (Wildman–Crippen LogP) is 5.15. The van der Waals surface area contributed by atoms with Crippen molar-refractivity contribution in [1.82, 2.24) is 0 Å². The van der Waals surface area contributed by atoms with Crippen LogP contribution in [0.25, 0.3) is 0 Å². The summed E-state index contributed by atoms with van der Waals surface area (Å²) < 4.78 is 0. The Labute approximate surface area is 104 Å². The second-order valence-electron chi connectivity index (χ2n) is 5.94. The van der Waals surface area contributed by atoms with Crippen LogP contribution in [-0.2, 0) is 0 Å². The van der Waals surface area contributed by atoms with Gasteiger partial charge in [0.1, 0.15) is 0 Å². The number of allylic oxidation sites excluding steroid dienone is 1. The minimum Gasteiger partial charge on any atom is -0.0987 e. The highest BCUT2D eigenvalue weighted by Crippen LogP contribution is 2.44. The normalized spacial score (nSPS) is 40.4. The minimum absolute atomic E-state index is 0.895. The lowest BCUT2D eigenvalue weighted by molar-refractivity contribution is 0.0715. The highest BCUT2D eigenvalue weighted by atomic mass is 31.1. The van der Waals surface area contributed by atoms with Crippen molar-refractivity contribution >= 4 is 8.58 Å². The summed E-state index contributed by atoms with van der Waals surface area (Å²) in [5.74, 6) is 4.55. The molecule has 1 fully saturated rings. The Balaban J connectivity index is 2.50. The zero-order chi connectivity index (χ0) is 12.3. The van der Waals surface area contributed by atoms with E-state index in [1.165, 1.54) is 24.6 Å². The van der Waals surface area contributed by atoms with Gasteiger partial charge in [0.05, 0.1) is 0 Å². The largest absolute Gasteiger partial charge is 0.0987 e. The third-order valence-corrected chi connectivity index (χ3v) is 6.10. The summed E-state index contributed by atoms with van der Waals surface area (Å²) in [5.41, 5.74) is 0. The van der Waals surface area contributed by atoms with E-state index in [2.05, 4.69) is 40.9 Å². The van der Waals surface area contributed by atoms with E-state index in [1.54, 1.807) is 0 Å². The number of rotatable bonds is 4. The monoisotopic (exact) mass is 240 g/mol. The topological polar surface area (TPSA) is 0 Å². The summed E-state index contributed by atoms with van der Waals surface area (Å²) >= 11 is 0. The summed E-state index contributed by atoms with van der Waals surface area (Å²) in [7, 11) is 0.933. The van der Waals surface area contributed by atoms with Crippen molar-refractivity contribution in [2.45, 2.75) is 47.0 Å². The molecule has 6 atom stereocenters. The van der Waals surface area contributed by atoms with Crippen LogP contribution >= 0.6 is 8.58 Å². The lowest BCUT2D eigenvalue weighted by Gasteiger charge is -2.42. The first kappa shape index (κ1) is 14.2. The van der Waals surface area contributed by atoms with Gasteiger partial charge in [0.2, 0.25) is 0 Å². The minimum atomic E-state index is 0.895. The van der Waals surface area contributed by atoms with Crippen molar-refractivity contribution in [3.63, 3.8) is 0 Å². The molecule has 1 rings (SSSR count). The average molecular weight is 240 g/mol. The van der Waals surface area contributed by atoms with Gasteiger partial charge in [-0.05, 0) is 55.5 Å². The second-order valence-corrected chi connectivity index (χ2v) is 7.15. The summed E-state index contributed by atoms with van der Waals surface area (Å²) in [6.07, 6.45) is 4.08. The molecule has 1 aliphatic rings. The van der Waals surface area contributed by atoms with Crippen LogP contribution in [-0.4, -0.2) is 6.66 Å². The van der Waals surface area contributed by atoms with E-state index in [-0.39, 0.29) is 0 Å². The van der Waals surface area contributed by atoms with Crippen molar-refractivity contribution in [3.05, 3.63) is 11.9 Å². The van der Waals surface area contributed by atoms with Crippen LogP contribution in [0.1, 0.15) is 47.0 Å². The van der Waals surface area contributed by atoms with Crippen molar-refractivity contribution < 1.29 is 0 Å². The van der Waals surface area contributed by atoms with Gasteiger partial charge >= 0.3 is 0 Å². The second kappa shape index (κ2) is 6.20. The van der Waals surface area contributed by atoms with Crippen molar-refractivity contribution in [1.29, 1.82) is 0 Å². The van der Waals surface area contributed by atoms with Gasteiger partial charge < -0.3 is 0 Å². The molecule has 5 unspecified atom stereocenters. The Morgan fingerprint density at radius 2 is 1.75 bits per heavy atom. The maximum absolute atomic E-state index is 4.15. The standard InChI is InChI=1S/C15H29P/c1-10-9-15(8-7-11(2)16-6)14(5)13(4)12(10)3/h10,12-16H,2,7-9H2,1,3-6H3/t10?,12?,13?,14-,15?/m1/s1. The molecule has 1 saturated carbocycles. The molecule has 0 spiro atoms. The zero-order valence-electron chi connectivity index (χ0n) is 11.7. The van der Waals surface area contributed by atoms with Gasteiger partial charge in [-0.1, -0.05) is 48.2 Å². The van der Waals surface area contributed by atoms with Crippen molar-refractivity contribution in [2.75, 3.05) is 6.66 Å². The lowest BCUT2D eigenvalue weighted by Crippen LogP contribution is -2.35. The molecule has 1 heteroatoms. The lowest BCUT2D eigenvalue weighted by atomic mass is 9.63. The molecule has 16 heavy (non-hydrogen) atoms. The molecule has 0 N–H and O–H groups in total. The molecule has 0 radical (unpaired) electrons. The molecule has 0 heterocycles. The van der Waals surface area contributed by atoms with Gasteiger partial charge in [0, 0.05) is 0 Å². The highest BCUT2D eigenvalue weighted by molar-refractivity contribution is 7.42. The van der Waals surface area contributed by atoms with E-state index in [0.717, 1.165) is 38.2 Å². The summed E-state index contributed by atoms with van der Waals surface area (Å²) in [6.45, 7) is 16.2. The number of hydrogen-bond acceptors (Lipinski definition) is 0. The first-order valence-corrected chi connectivity index (χ1v) is 8.32. The SMILES string of the molecule is C=C(CCC1CC(C)C(C)C(C)[C@H]1C)PC. The molecule has 0 aromatic heterocycles. The molecule has 94 valence electrons. The van der Waals surface area contributed by atoms with E-state index in [1.807, 2.05) is 0 Å². The fraction of sp³-hybridized carbons (Fsp3) is 0.867. The molecular formula is C15H29P. The van der Waals surface area contributed by atoms with Crippen molar-refractivity contribution in [2.24, 2.45) is 29.6 Å². The van der Waals surface area contributed by atoms with E-state index in [9.17, 15) is 0 Å². The van der Waals surface area contributed by atoms with Crippen LogP contribution in [0.3, 0.4) is 0 Å². The Morgan fingerprint density at radius 1 is 1.12 bits per heavy atom. The van der Waals surface area contributed by atoms with Crippen LogP contribution in [0.15, 0.2) is 11.9 Å². The number of hydrogen-bond donors (Lipinski definition) is 0. The van der Waals surface area contributed by atoms with Gasteiger partial charge in [-0.2, -0.15) is 0 Å². The summed E-state index contributed by atoms with van der Waals surface area (Å²) in [4.78, 5) is 0. The average Bonchev–Trinajstić information content (AvgIpc) is 2.28. The zero-order valence-corrected chi connectivity index (χ0v) is 12.7. The molecule has 0 amide bonds. The Morgan fingerprint density at radius 3 is 2.31 bits per heavy atom. The predicted molar refractivity (Wildman–Crippen MR) is 77.4 cm³/mol. The van der Waals surface area contributed by atoms with Crippen molar-refractivity contribution in [3.8, 4) is 0 Å². The van der Waals surface area contributed by atoms with E-state index in [0.29, 0.717) is 0 Å². The molecule has 0 aliphatic heterocycles. The van der Waals surface area contributed by atoms with Crippen LogP contribution in [0.5, 0.6) is 0 Å². The summed E-state index contributed by atoms with van der Waals surface area (Å²) in [6, 6.07) is 0. The van der Waals surface area contributed by atoms with E-state index in [4.69, 9.17) is 0 Å². The molecule has 1 aliphatic carbocycles. The van der Waals surface area contributed by atoms with Crippen LogP contribution in [0, 0.1) is 29.6 Å². The van der Waals surface area contributed by atoms with Gasteiger partial charge in [-0.25, -0.2) is 0 Å².